The third-order valence-corrected chi connectivity index (χ3v) is 3.81. The van der Waals surface area contributed by atoms with Gasteiger partial charge in [-0.25, -0.2) is 0 Å². The van der Waals surface area contributed by atoms with Gasteiger partial charge in [-0.3, -0.25) is 4.79 Å². The number of amides is 1. The lowest BCUT2D eigenvalue weighted by molar-refractivity contribution is -0.117. The Morgan fingerprint density at radius 3 is 2.56 bits per heavy atom. The fraction of sp³-hybridized carbons (Fsp3) is 0.238. The van der Waals surface area contributed by atoms with Crippen molar-refractivity contribution in [3.8, 4) is 11.8 Å². The molecule has 0 saturated carbocycles. The molecule has 0 aliphatic carbocycles. The lowest BCUT2D eigenvalue weighted by Crippen LogP contribution is -2.32. The highest BCUT2D eigenvalue weighted by Gasteiger charge is 2.12. The highest BCUT2D eigenvalue weighted by molar-refractivity contribution is 6.02. The number of nitrogens with one attached hydrogen (secondary N) is 1. The zero-order valence-corrected chi connectivity index (χ0v) is 14.5. The summed E-state index contributed by atoms with van der Waals surface area (Å²) in [5, 5.41) is 12.1. The number of nitriles is 1. The van der Waals surface area contributed by atoms with Gasteiger partial charge in [0, 0.05) is 11.6 Å². The minimum Gasteiger partial charge on any atom is -0.488 e. The molecule has 2 aromatic carbocycles. The first-order valence-electron chi connectivity index (χ1n) is 8.32. The lowest BCUT2D eigenvalue weighted by Gasteiger charge is -2.12. The van der Waals surface area contributed by atoms with Crippen molar-refractivity contribution in [2.45, 2.75) is 32.9 Å². The van der Waals surface area contributed by atoms with Crippen LogP contribution in [0.15, 0.2) is 60.2 Å². The fourth-order valence-electron chi connectivity index (χ4n) is 2.17. The lowest BCUT2D eigenvalue weighted by atomic mass is 10.1. The maximum Gasteiger partial charge on any atom is 0.262 e. The van der Waals surface area contributed by atoms with Crippen LogP contribution < -0.4 is 10.1 Å². The molecule has 0 fully saturated rings. The summed E-state index contributed by atoms with van der Waals surface area (Å²) in [4.78, 5) is 12.2. The van der Waals surface area contributed by atoms with Crippen LogP contribution in [0.5, 0.6) is 5.75 Å². The first kappa shape index (κ1) is 18.3. The van der Waals surface area contributed by atoms with E-state index in [0.717, 1.165) is 12.0 Å². The Morgan fingerprint density at radius 1 is 1.20 bits per heavy atom. The average molecular weight is 334 g/mol. The number of nitrogens with zero attached hydrogens (tertiary/aromatic N) is 1. The van der Waals surface area contributed by atoms with Gasteiger partial charge in [-0.1, -0.05) is 55.5 Å². The standard InChI is InChI=1S/C21H22N2O2/c1-3-16(2)23-21(24)19(14-22)13-18-11-7-8-12-20(18)25-15-17-9-5-4-6-10-17/h4-13,16H,3,15H2,1-2H3,(H,23,24)/b19-13+/t16-/m0/s1. The van der Waals surface area contributed by atoms with Gasteiger partial charge in [0.1, 0.15) is 24.0 Å². The zero-order chi connectivity index (χ0) is 18.1. The van der Waals surface area contributed by atoms with Crippen molar-refractivity contribution in [2.24, 2.45) is 0 Å². The van der Waals surface area contributed by atoms with Crippen LogP contribution in [-0.2, 0) is 11.4 Å². The SMILES string of the molecule is CC[C@H](C)NC(=O)/C(C#N)=C/c1ccccc1OCc1ccccc1. The molecular weight excluding hydrogens is 312 g/mol. The quantitative estimate of drug-likeness (QED) is 0.613. The zero-order valence-electron chi connectivity index (χ0n) is 14.5. The molecule has 1 N–H and O–H groups in total. The van der Waals surface area contributed by atoms with E-state index in [0.29, 0.717) is 17.9 Å². The molecule has 0 aromatic heterocycles. The Kier molecular flexibility index (Phi) is 6.79. The predicted octanol–water partition coefficient (Wildman–Crippen LogP) is 4.09. The number of carbonyl (C=O) groups is 1. The van der Waals surface area contributed by atoms with Gasteiger partial charge >= 0.3 is 0 Å². The molecule has 0 spiro atoms. The summed E-state index contributed by atoms with van der Waals surface area (Å²) in [6.07, 6.45) is 2.37. The molecular formula is C21H22N2O2. The van der Waals surface area contributed by atoms with Crippen LogP contribution in [0, 0.1) is 11.3 Å². The van der Waals surface area contributed by atoms with Gasteiger partial charge in [0.25, 0.3) is 5.91 Å². The third-order valence-electron chi connectivity index (χ3n) is 3.81. The first-order chi connectivity index (χ1) is 12.1. The Hall–Kier alpha value is -3.06. The van der Waals surface area contributed by atoms with Crippen LogP contribution in [0.4, 0.5) is 0 Å². The number of rotatable bonds is 7. The van der Waals surface area contributed by atoms with Gasteiger partial charge in [-0.15, -0.1) is 0 Å². The number of para-hydroxylation sites is 1. The number of hydrogen-bond donors (Lipinski definition) is 1. The van der Waals surface area contributed by atoms with E-state index in [2.05, 4.69) is 5.32 Å². The molecule has 0 bridgehead atoms. The highest BCUT2D eigenvalue weighted by atomic mass is 16.5. The van der Waals surface area contributed by atoms with Crippen molar-refractivity contribution in [3.63, 3.8) is 0 Å². The van der Waals surface area contributed by atoms with E-state index >= 15 is 0 Å². The molecule has 128 valence electrons. The molecule has 4 nitrogen and oxygen atoms in total. The topological polar surface area (TPSA) is 62.1 Å². The summed E-state index contributed by atoms with van der Waals surface area (Å²) in [6, 6.07) is 19.2. The van der Waals surface area contributed by atoms with E-state index in [-0.39, 0.29) is 17.5 Å². The summed E-state index contributed by atoms with van der Waals surface area (Å²) in [5.74, 6) is 0.269. The van der Waals surface area contributed by atoms with Crippen molar-refractivity contribution < 1.29 is 9.53 Å². The van der Waals surface area contributed by atoms with Crippen LogP contribution in [0.3, 0.4) is 0 Å². The molecule has 4 heteroatoms. The largest absolute Gasteiger partial charge is 0.488 e. The maximum atomic E-state index is 12.2. The highest BCUT2D eigenvalue weighted by Crippen LogP contribution is 2.22. The Balaban J connectivity index is 2.18. The molecule has 0 unspecified atom stereocenters. The number of carbonyl (C=O) groups excluding carboxylic acids is 1. The average Bonchev–Trinajstić information content (AvgIpc) is 2.65. The van der Waals surface area contributed by atoms with Gasteiger partial charge in [0.2, 0.25) is 0 Å². The van der Waals surface area contributed by atoms with Gasteiger partial charge in [-0.2, -0.15) is 5.26 Å². The third kappa shape index (κ3) is 5.50. The Morgan fingerprint density at radius 2 is 1.88 bits per heavy atom. The molecule has 0 radical (unpaired) electrons. The van der Waals surface area contributed by atoms with E-state index in [1.165, 1.54) is 0 Å². The molecule has 1 atom stereocenters. The van der Waals surface area contributed by atoms with E-state index in [1.807, 2.05) is 74.5 Å². The Bertz CT molecular complexity index is 776. The molecule has 2 rings (SSSR count). The van der Waals surface area contributed by atoms with Crippen LogP contribution in [0.25, 0.3) is 6.08 Å². The first-order valence-corrected chi connectivity index (χ1v) is 8.32. The van der Waals surface area contributed by atoms with E-state index in [4.69, 9.17) is 4.74 Å². The second kappa shape index (κ2) is 9.29. The monoisotopic (exact) mass is 334 g/mol. The van der Waals surface area contributed by atoms with Crippen molar-refractivity contribution >= 4 is 12.0 Å². The smallest absolute Gasteiger partial charge is 0.262 e. The molecule has 0 heterocycles. The van der Waals surface area contributed by atoms with Crippen molar-refractivity contribution in [2.75, 3.05) is 0 Å². The number of ether oxygens (including phenoxy) is 1. The summed E-state index contributed by atoms with van der Waals surface area (Å²) < 4.78 is 5.86. The summed E-state index contributed by atoms with van der Waals surface area (Å²) in [5.41, 5.74) is 1.82. The fourth-order valence-corrected chi connectivity index (χ4v) is 2.17. The molecule has 0 saturated heterocycles. The summed E-state index contributed by atoms with van der Waals surface area (Å²) >= 11 is 0. The molecule has 25 heavy (non-hydrogen) atoms. The van der Waals surface area contributed by atoms with E-state index in [9.17, 15) is 10.1 Å². The van der Waals surface area contributed by atoms with Crippen LogP contribution >= 0.6 is 0 Å². The van der Waals surface area contributed by atoms with Crippen molar-refractivity contribution in [1.82, 2.24) is 5.32 Å². The van der Waals surface area contributed by atoms with Crippen molar-refractivity contribution in [1.29, 1.82) is 5.26 Å². The Labute approximate surface area is 148 Å². The molecule has 0 aliphatic heterocycles. The van der Waals surface area contributed by atoms with Gasteiger partial charge < -0.3 is 10.1 Å². The van der Waals surface area contributed by atoms with E-state index < -0.39 is 0 Å². The molecule has 0 aliphatic rings. The van der Waals surface area contributed by atoms with Gasteiger partial charge in [0.05, 0.1) is 0 Å². The minimum atomic E-state index is -0.366. The number of benzene rings is 2. The van der Waals surface area contributed by atoms with E-state index in [1.54, 1.807) is 6.08 Å². The molecule has 1 amide bonds. The van der Waals surface area contributed by atoms with Crippen LogP contribution in [-0.4, -0.2) is 11.9 Å². The second-order valence-electron chi connectivity index (χ2n) is 5.76. The van der Waals surface area contributed by atoms with Crippen LogP contribution in [0.2, 0.25) is 0 Å². The van der Waals surface area contributed by atoms with Gasteiger partial charge in [-0.05, 0) is 31.1 Å². The minimum absolute atomic E-state index is 0.0221. The summed E-state index contributed by atoms with van der Waals surface area (Å²) in [7, 11) is 0. The van der Waals surface area contributed by atoms with Gasteiger partial charge in [0.15, 0.2) is 0 Å². The molecule has 2 aromatic rings. The second-order valence-corrected chi connectivity index (χ2v) is 5.76. The normalized spacial score (nSPS) is 12.1. The number of hydrogen-bond acceptors (Lipinski definition) is 3. The maximum absolute atomic E-state index is 12.2. The summed E-state index contributed by atoms with van der Waals surface area (Å²) in [6.45, 7) is 4.31. The predicted molar refractivity (Wildman–Crippen MR) is 98.7 cm³/mol. The van der Waals surface area contributed by atoms with Crippen molar-refractivity contribution in [3.05, 3.63) is 71.3 Å². The van der Waals surface area contributed by atoms with Crippen LogP contribution in [0.1, 0.15) is 31.4 Å².